The summed E-state index contributed by atoms with van der Waals surface area (Å²) in [5, 5.41) is 0. The van der Waals surface area contributed by atoms with Gasteiger partial charge in [-0.15, -0.1) is 11.6 Å². The van der Waals surface area contributed by atoms with Gasteiger partial charge in [-0.1, -0.05) is 32.4 Å². The van der Waals surface area contributed by atoms with Gasteiger partial charge in [-0.25, -0.2) is 0 Å². The molecule has 0 saturated heterocycles. The maximum absolute atomic E-state index is 5.72. The first kappa shape index (κ1) is 13.4. The molecule has 1 aromatic carbocycles. The van der Waals surface area contributed by atoms with Gasteiger partial charge in [-0.05, 0) is 30.5 Å². The number of rotatable bonds is 7. The topological polar surface area (TPSA) is 9.23 Å². The van der Waals surface area contributed by atoms with E-state index in [1.165, 1.54) is 18.4 Å². The number of unbranched alkanes of at least 4 members (excludes halogenated alkanes) is 1. The third kappa shape index (κ3) is 4.89. The van der Waals surface area contributed by atoms with Crippen molar-refractivity contribution in [2.24, 2.45) is 5.92 Å². The summed E-state index contributed by atoms with van der Waals surface area (Å²) in [4.78, 5) is 0. The summed E-state index contributed by atoms with van der Waals surface area (Å²) in [7, 11) is 0. The Morgan fingerprint density at radius 3 is 2.50 bits per heavy atom. The highest BCUT2D eigenvalue weighted by Gasteiger charge is 2.01. The van der Waals surface area contributed by atoms with Gasteiger partial charge in [0.25, 0.3) is 0 Å². The molecule has 0 spiro atoms. The summed E-state index contributed by atoms with van der Waals surface area (Å²) in [6.45, 7) is 4.99. The molecule has 90 valence electrons. The minimum atomic E-state index is 0.404. The summed E-state index contributed by atoms with van der Waals surface area (Å²) < 4.78 is 5.63. The largest absolute Gasteiger partial charge is 0.493 e. The number of alkyl halides is 1. The van der Waals surface area contributed by atoms with Gasteiger partial charge in [0.1, 0.15) is 5.75 Å². The van der Waals surface area contributed by atoms with Gasteiger partial charge in [0.15, 0.2) is 0 Å². The Hall–Kier alpha value is -0.690. The molecule has 0 bridgehead atoms. The SMILES string of the molecule is CCCCc1ccc(OCC(C)CCl)cc1. The summed E-state index contributed by atoms with van der Waals surface area (Å²) in [5.74, 6) is 1.99. The van der Waals surface area contributed by atoms with Crippen molar-refractivity contribution in [2.45, 2.75) is 33.1 Å². The van der Waals surface area contributed by atoms with E-state index in [9.17, 15) is 0 Å². The molecule has 1 rings (SSSR count). The first-order chi connectivity index (χ1) is 7.76. The molecular formula is C14H21ClO. The van der Waals surface area contributed by atoms with Crippen LogP contribution in [0.5, 0.6) is 5.75 Å². The molecule has 1 aromatic rings. The molecule has 0 fully saturated rings. The fraction of sp³-hybridized carbons (Fsp3) is 0.571. The molecule has 0 heterocycles. The van der Waals surface area contributed by atoms with E-state index in [0.717, 1.165) is 12.2 Å². The van der Waals surface area contributed by atoms with Crippen LogP contribution in [0.15, 0.2) is 24.3 Å². The number of hydrogen-bond acceptors (Lipinski definition) is 1. The molecule has 0 radical (unpaired) electrons. The molecular weight excluding hydrogens is 220 g/mol. The average molecular weight is 241 g/mol. The predicted octanol–water partition coefficient (Wildman–Crippen LogP) is 4.28. The molecule has 1 unspecified atom stereocenters. The van der Waals surface area contributed by atoms with E-state index in [2.05, 4.69) is 26.0 Å². The maximum atomic E-state index is 5.72. The first-order valence-electron chi connectivity index (χ1n) is 6.04. The smallest absolute Gasteiger partial charge is 0.119 e. The number of benzene rings is 1. The van der Waals surface area contributed by atoms with Crippen LogP contribution in [-0.4, -0.2) is 12.5 Å². The molecule has 0 N–H and O–H groups in total. The minimum Gasteiger partial charge on any atom is -0.493 e. The van der Waals surface area contributed by atoms with E-state index in [0.29, 0.717) is 18.4 Å². The van der Waals surface area contributed by atoms with E-state index < -0.39 is 0 Å². The second-order valence-corrected chi connectivity index (χ2v) is 4.63. The number of halogens is 1. The lowest BCUT2D eigenvalue weighted by molar-refractivity contribution is 0.272. The van der Waals surface area contributed by atoms with Crippen molar-refractivity contribution in [3.63, 3.8) is 0 Å². The van der Waals surface area contributed by atoms with Crippen LogP contribution in [0.4, 0.5) is 0 Å². The number of hydrogen-bond donors (Lipinski definition) is 0. The second-order valence-electron chi connectivity index (χ2n) is 4.32. The van der Waals surface area contributed by atoms with Crippen LogP contribution in [0.1, 0.15) is 32.3 Å². The molecule has 16 heavy (non-hydrogen) atoms. The zero-order chi connectivity index (χ0) is 11.8. The van der Waals surface area contributed by atoms with Gasteiger partial charge in [0.05, 0.1) is 6.61 Å². The van der Waals surface area contributed by atoms with Crippen molar-refractivity contribution in [3.05, 3.63) is 29.8 Å². The van der Waals surface area contributed by atoms with Crippen LogP contribution in [0.3, 0.4) is 0 Å². The quantitative estimate of drug-likeness (QED) is 0.647. The monoisotopic (exact) mass is 240 g/mol. The second kappa shape index (κ2) is 7.56. The minimum absolute atomic E-state index is 0.404. The Bertz CT molecular complexity index is 281. The fourth-order valence-corrected chi connectivity index (χ4v) is 1.51. The first-order valence-corrected chi connectivity index (χ1v) is 6.57. The third-order valence-electron chi connectivity index (χ3n) is 2.54. The lowest BCUT2D eigenvalue weighted by atomic mass is 10.1. The number of ether oxygens (including phenoxy) is 1. The molecule has 1 atom stereocenters. The van der Waals surface area contributed by atoms with E-state index in [4.69, 9.17) is 16.3 Å². The Morgan fingerprint density at radius 1 is 1.25 bits per heavy atom. The summed E-state index contributed by atoms with van der Waals surface area (Å²) in [6, 6.07) is 8.39. The van der Waals surface area contributed by atoms with Gasteiger partial charge in [-0.3, -0.25) is 0 Å². The Labute approximate surface area is 104 Å². The predicted molar refractivity (Wildman–Crippen MR) is 70.4 cm³/mol. The van der Waals surface area contributed by atoms with Gasteiger partial charge >= 0.3 is 0 Å². The van der Waals surface area contributed by atoms with E-state index in [-0.39, 0.29) is 0 Å². The highest BCUT2D eigenvalue weighted by atomic mass is 35.5. The summed E-state index contributed by atoms with van der Waals surface area (Å²) in [5.41, 5.74) is 1.39. The van der Waals surface area contributed by atoms with Crippen molar-refractivity contribution < 1.29 is 4.74 Å². The van der Waals surface area contributed by atoms with Crippen LogP contribution in [0.2, 0.25) is 0 Å². The highest BCUT2D eigenvalue weighted by Crippen LogP contribution is 2.15. The van der Waals surface area contributed by atoms with E-state index in [1.807, 2.05) is 12.1 Å². The van der Waals surface area contributed by atoms with Gasteiger partial charge in [-0.2, -0.15) is 0 Å². The van der Waals surface area contributed by atoms with Crippen molar-refractivity contribution in [3.8, 4) is 5.75 Å². The fourth-order valence-electron chi connectivity index (χ4n) is 1.42. The van der Waals surface area contributed by atoms with E-state index >= 15 is 0 Å². The van der Waals surface area contributed by atoms with Crippen LogP contribution < -0.4 is 4.74 Å². The van der Waals surface area contributed by atoms with Crippen LogP contribution in [0.25, 0.3) is 0 Å². The van der Waals surface area contributed by atoms with Crippen molar-refractivity contribution in [1.29, 1.82) is 0 Å². The maximum Gasteiger partial charge on any atom is 0.119 e. The van der Waals surface area contributed by atoms with Crippen LogP contribution >= 0.6 is 11.6 Å². The molecule has 0 aliphatic heterocycles. The van der Waals surface area contributed by atoms with Crippen LogP contribution in [0, 0.1) is 5.92 Å². The molecule has 0 aliphatic rings. The van der Waals surface area contributed by atoms with Gasteiger partial charge in [0, 0.05) is 11.8 Å². The Balaban J connectivity index is 2.38. The molecule has 0 aliphatic carbocycles. The molecule has 2 heteroatoms. The van der Waals surface area contributed by atoms with E-state index in [1.54, 1.807) is 0 Å². The number of aryl methyl sites for hydroxylation is 1. The zero-order valence-electron chi connectivity index (χ0n) is 10.2. The zero-order valence-corrected chi connectivity index (χ0v) is 11.0. The average Bonchev–Trinajstić information content (AvgIpc) is 2.34. The van der Waals surface area contributed by atoms with Crippen molar-refractivity contribution in [1.82, 2.24) is 0 Å². The molecule has 0 amide bonds. The normalized spacial score (nSPS) is 12.4. The van der Waals surface area contributed by atoms with Crippen LogP contribution in [-0.2, 0) is 6.42 Å². The van der Waals surface area contributed by atoms with Crippen molar-refractivity contribution in [2.75, 3.05) is 12.5 Å². The Kier molecular flexibility index (Phi) is 6.32. The summed E-state index contributed by atoms with van der Waals surface area (Å²) >= 11 is 5.72. The summed E-state index contributed by atoms with van der Waals surface area (Å²) in [6.07, 6.45) is 3.66. The molecule has 0 aromatic heterocycles. The third-order valence-corrected chi connectivity index (χ3v) is 3.07. The van der Waals surface area contributed by atoms with Gasteiger partial charge in [0.2, 0.25) is 0 Å². The van der Waals surface area contributed by atoms with Gasteiger partial charge < -0.3 is 4.74 Å². The lowest BCUT2D eigenvalue weighted by Gasteiger charge is -2.10. The molecule has 1 nitrogen and oxygen atoms in total. The van der Waals surface area contributed by atoms with Crippen molar-refractivity contribution >= 4 is 11.6 Å². The standard InChI is InChI=1S/C14H21ClO/c1-3-4-5-13-6-8-14(9-7-13)16-11-12(2)10-15/h6-9,12H,3-5,10-11H2,1-2H3. The highest BCUT2D eigenvalue weighted by molar-refractivity contribution is 6.18. The molecule has 0 saturated carbocycles. The Morgan fingerprint density at radius 2 is 1.94 bits per heavy atom. The lowest BCUT2D eigenvalue weighted by Crippen LogP contribution is -2.09.